The van der Waals surface area contributed by atoms with Crippen LogP contribution in [0.1, 0.15) is 45.6 Å². The predicted molar refractivity (Wildman–Crippen MR) is 81.4 cm³/mol. The van der Waals surface area contributed by atoms with Crippen LogP contribution in [0.4, 0.5) is 5.82 Å². The van der Waals surface area contributed by atoms with E-state index in [0.29, 0.717) is 0 Å². The van der Waals surface area contributed by atoms with Crippen molar-refractivity contribution in [1.82, 2.24) is 4.98 Å². The first-order valence-electron chi connectivity index (χ1n) is 7.53. The van der Waals surface area contributed by atoms with Gasteiger partial charge in [0.05, 0.1) is 0 Å². The zero-order valence-electron chi connectivity index (χ0n) is 12.5. The van der Waals surface area contributed by atoms with Gasteiger partial charge in [-0.2, -0.15) is 0 Å². The SMILES string of the molecule is CC(C)CCN(c1ccc(CC(C)N)cn1)C1CC1. The summed E-state index contributed by atoms with van der Waals surface area (Å²) in [6, 6.07) is 5.27. The van der Waals surface area contributed by atoms with Crippen LogP contribution in [0, 0.1) is 5.92 Å². The molecule has 2 rings (SSSR count). The number of nitrogens with zero attached hydrogens (tertiary/aromatic N) is 2. The van der Waals surface area contributed by atoms with Crippen LogP contribution in [-0.4, -0.2) is 23.6 Å². The van der Waals surface area contributed by atoms with E-state index in [1.807, 2.05) is 13.1 Å². The summed E-state index contributed by atoms with van der Waals surface area (Å²) in [5.74, 6) is 1.88. The Kier molecular flexibility index (Phi) is 4.81. The van der Waals surface area contributed by atoms with Gasteiger partial charge in [-0.1, -0.05) is 19.9 Å². The predicted octanol–water partition coefficient (Wildman–Crippen LogP) is 2.99. The van der Waals surface area contributed by atoms with Gasteiger partial charge in [0.2, 0.25) is 0 Å². The molecule has 3 nitrogen and oxygen atoms in total. The molecule has 1 atom stereocenters. The molecule has 1 fully saturated rings. The first-order valence-corrected chi connectivity index (χ1v) is 7.53. The molecule has 0 radical (unpaired) electrons. The number of aromatic nitrogens is 1. The summed E-state index contributed by atoms with van der Waals surface area (Å²) in [5.41, 5.74) is 7.06. The molecule has 1 saturated carbocycles. The number of hydrogen-bond donors (Lipinski definition) is 1. The largest absolute Gasteiger partial charge is 0.354 e. The molecule has 1 heterocycles. The van der Waals surface area contributed by atoms with Crippen molar-refractivity contribution in [3.63, 3.8) is 0 Å². The van der Waals surface area contributed by atoms with Gasteiger partial charge >= 0.3 is 0 Å². The Hall–Kier alpha value is -1.09. The number of pyridine rings is 1. The lowest BCUT2D eigenvalue weighted by Crippen LogP contribution is -2.28. The Labute approximate surface area is 117 Å². The summed E-state index contributed by atoms with van der Waals surface area (Å²) in [6.45, 7) is 7.73. The van der Waals surface area contributed by atoms with E-state index >= 15 is 0 Å². The molecule has 1 aromatic heterocycles. The van der Waals surface area contributed by atoms with E-state index in [4.69, 9.17) is 5.73 Å². The van der Waals surface area contributed by atoms with E-state index in [1.54, 1.807) is 0 Å². The minimum atomic E-state index is 0.202. The van der Waals surface area contributed by atoms with Crippen LogP contribution in [0.25, 0.3) is 0 Å². The molecule has 3 heteroatoms. The minimum Gasteiger partial charge on any atom is -0.354 e. The molecule has 2 N–H and O–H groups in total. The van der Waals surface area contributed by atoms with Gasteiger partial charge in [0.1, 0.15) is 5.82 Å². The topological polar surface area (TPSA) is 42.1 Å². The fourth-order valence-corrected chi connectivity index (χ4v) is 2.35. The van der Waals surface area contributed by atoms with Crippen molar-refractivity contribution < 1.29 is 0 Å². The smallest absolute Gasteiger partial charge is 0.128 e. The zero-order chi connectivity index (χ0) is 13.8. The van der Waals surface area contributed by atoms with E-state index in [0.717, 1.165) is 30.7 Å². The average Bonchev–Trinajstić information content (AvgIpc) is 3.15. The number of hydrogen-bond acceptors (Lipinski definition) is 3. The highest BCUT2D eigenvalue weighted by Gasteiger charge is 2.29. The Morgan fingerprint density at radius 3 is 2.53 bits per heavy atom. The van der Waals surface area contributed by atoms with Crippen molar-refractivity contribution in [3.05, 3.63) is 23.9 Å². The molecule has 1 unspecified atom stereocenters. The molecule has 0 bridgehead atoms. The molecular weight excluding hydrogens is 234 g/mol. The molecule has 1 aliphatic rings. The fraction of sp³-hybridized carbons (Fsp3) is 0.688. The van der Waals surface area contributed by atoms with Crippen molar-refractivity contribution in [2.45, 2.75) is 58.5 Å². The van der Waals surface area contributed by atoms with E-state index < -0.39 is 0 Å². The van der Waals surface area contributed by atoms with Crippen molar-refractivity contribution in [2.24, 2.45) is 11.7 Å². The van der Waals surface area contributed by atoms with E-state index in [1.165, 1.54) is 24.8 Å². The molecule has 0 aliphatic heterocycles. The van der Waals surface area contributed by atoms with Crippen LogP contribution < -0.4 is 10.6 Å². The maximum atomic E-state index is 5.82. The van der Waals surface area contributed by atoms with Gasteiger partial charge < -0.3 is 10.6 Å². The number of nitrogens with two attached hydrogens (primary N) is 1. The molecule has 19 heavy (non-hydrogen) atoms. The van der Waals surface area contributed by atoms with Gasteiger partial charge in [0, 0.05) is 24.8 Å². The van der Waals surface area contributed by atoms with Crippen molar-refractivity contribution >= 4 is 5.82 Å². The van der Waals surface area contributed by atoms with Gasteiger partial charge in [-0.15, -0.1) is 0 Å². The lowest BCUT2D eigenvalue weighted by molar-refractivity contribution is 0.568. The summed E-state index contributed by atoms with van der Waals surface area (Å²) in [5, 5.41) is 0. The molecule has 1 aliphatic carbocycles. The summed E-state index contributed by atoms with van der Waals surface area (Å²) in [6.07, 6.45) is 6.77. The maximum Gasteiger partial charge on any atom is 0.128 e. The van der Waals surface area contributed by atoms with Gasteiger partial charge in [0.15, 0.2) is 0 Å². The third kappa shape index (κ3) is 4.50. The second-order valence-electron chi connectivity index (χ2n) is 6.31. The van der Waals surface area contributed by atoms with E-state index in [2.05, 4.69) is 35.9 Å². The molecule has 106 valence electrons. The van der Waals surface area contributed by atoms with Crippen molar-refractivity contribution in [1.29, 1.82) is 0 Å². The standard InChI is InChI=1S/C16H27N3/c1-12(2)8-9-19(15-5-6-15)16-7-4-14(11-18-16)10-13(3)17/h4,7,11-13,15H,5-6,8-10,17H2,1-3H3. The molecule has 0 amide bonds. The van der Waals surface area contributed by atoms with Gasteiger partial charge in [-0.05, 0) is 50.2 Å². The zero-order valence-corrected chi connectivity index (χ0v) is 12.5. The molecule has 1 aromatic rings. The number of rotatable bonds is 7. The van der Waals surface area contributed by atoms with Crippen LogP contribution in [0.5, 0.6) is 0 Å². The Bertz CT molecular complexity index is 379. The van der Waals surface area contributed by atoms with E-state index in [9.17, 15) is 0 Å². The second kappa shape index (κ2) is 6.38. The van der Waals surface area contributed by atoms with Crippen LogP contribution in [0.15, 0.2) is 18.3 Å². The van der Waals surface area contributed by atoms with Crippen molar-refractivity contribution in [3.8, 4) is 0 Å². The minimum absolute atomic E-state index is 0.202. The Balaban J connectivity index is 2.00. The van der Waals surface area contributed by atoms with Crippen molar-refractivity contribution in [2.75, 3.05) is 11.4 Å². The average molecular weight is 261 g/mol. The van der Waals surface area contributed by atoms with E-state index in [-0.39, 0.29) is 6.04 Å². The second-order valence-corrected chi connectivity index (χ2v) is 6.31. The quantitative estimate of drug-likeness (QED) is 0.820. The monoisotopic (exact) mass is 261 g/mol. The number of anilines is 1. The summed E-state index contributed by atoms with van der Waals surface area (Å²) in [7, 11) is 0. The lowest BCUT2D eigenvalue weighted by Gasteiger charge is -2.24. The lowest BCUT2D eigenvalue weighted by atomic mass is 10.1. The molecule has 0 saturated heterocycles. The Morgan fingerprint density at radius 2 is 2.05 bits per heavy atom. The Morgan fingerprint density at radius 1 is 1.32 bits per heavy atom. The molecular formula is C16H27N3. The van der Waals surface area contributed by atoms with Crippen LogP contribution in [0.3, 0.4) is 0 Å². The fourth-order valence-electron chi connectivity index (χ4n) is 2.35. The summed E-state index contributed by atoms with van der Waals surface area (Å²) >= 11 is 0. The molecule has 0 spiro atoms. The van der Waals surface area contributed by atoms with Crippen LogP contribution in [-0.2, 0) is 6.42 Å². The highest BCUT2D eigenvalue weighted by atomic mass is 15.2. The maximum absolute atomic E-state index is 5.82. The highest BCUT2D eigenvalue weighted by molar-refractivity contribution is 5.42. The third-order valence-corrected chi connectivity index (χ3v) is 3.60. The first-order chi connectivity index (χ1) is 9.06. The first kappa shape index (κ1) is 14.3. The summed E-state index contributed by atoms with van der Waals surface area (Å²) < 4.78 is 0. The molecule has 0 aromatic carbocycles. The van der Waals surface area contributed by atoms with Gasteiger partial charge in [0.25, 0.3) is 0 Å². The highest BCUT2D eigenvalue weighted by Crippen LogP contribution is 2.31. The van der Waals surface area contributed by atoms with Crippen LogP contribution in [0.2, 0.25) is 0 Å². The third-order valence-electron chi connectivity index (χ3n) is 3.60. The van der Waals surface area contributed by atoms with Gasteiger partial charge in [-0.25, -0.2) is 4.98 Å². The van der Waals surface area contributed by atoms with Crippen LogP contribution >= 0.6 is 0 Å². The summed E-state index contributed by atoms with van der Waals surface area (Å²) in [4.78, 5) is 7.12. The normalized spacial score (nSPS) is 16.7. The van der Waals surface area contributed by atoms with Gasteiger partial charge in [-0.3, -0.25) is 0 Å².